The third-order valence-electron chi connectivity index (χ3n) is 4.05. The molecule has 1 fully saturated rings. The van der Waals surface area contributed by atoms with Crippen LogP contribution in [0.4, 0.5) is 13.2 Å². The normalized spacial score (nSPS) is 31.7. The highest BCUT2D eigenvalue weighted by atomic mass is 19.4. The van der Waals surface area contributed by atoms with Crippen molar-refractivity contribution < 1.29 is 18.3 Å². The summed E-state index contributed by atoms with van der Waals surface area (Å²) in [6.07, 6.45) is -2.79. The molecule has 0 heterocycles. The molecule has 1 aromatic rings. The highest BCUT2D eigenvalue weighted by Crippen LogP contribution is 2.46. The Morgan fingerprint density at radius 3 is 2.47 bits per heavy atom. The van der Waals surface area contributed by atoms with E-state index in [0.29, 0.717) is 24.8 Å². The van der Waals surface area contributed by atoms with E-state index in [4.69, 9.17) is 5.73 Å². The van der Waals surface area contributed by atoms with Crippen LogP contribution in [-0.4, -0.2) is 17.3 Å². The molecule has 2 nitrogen and oxygen atoms in total. The van der Waals surface area contributed by atoms with Gasteiger partial charge in [-0.2, -0.15) is 13.2 Å². The molecule has 0 spiro atoms. The fourth-order valence-corrected chi connectivity index (χ4v) is 2.98. The van der Waals surface area contributed by atoms with Crippen molar-refractivity contribution in [3.05, 3.63) is 35.4 Å². The lowest BCUT2D eigenvalue weighted by molar-refractivity contribution is -0.137. The Morgan fingerprint density at radius 1 is 1.32 bits per heavy atom. The average Bonchev–Trinajstić information content (AvgIpc) is 2.65. The van der Waals surface area contributed by atoms with Crippen LogP contribution in [-0.2, 0) is 11.6 Å². The summed E-state index contributed by atoms with van der Waals surface area (Å²) in [4.78, 5) is 0. The lowest BCUT2D eigenvalue weighted by Gasteiger charge is -2.30. The van der Waals surface area contributed by atoms with Crippen LogP contribution in [0, 0.1) is 0 Å². The van der Waals surface area contributed by atoms with E-state index in [1.54, 1.807) is 13.0 Å². The number of halogens is 3. The second-order valence-corrected chi connectivity index (χ2v) is 5.74. The van der Waals surface area contributed by atoms with Crippen LogP contribution in [0.3, 0.4) is 0 Å². The van der Waals surface area contributed by atoms with Crippen molar-refractivity contribution in [2.24, 2.45) is 5.73 Å². The minimum atomic E-state index is -4.35. The summed E-state index contributed by atoms with van der Waals surface area (Å²) >= 11 is 0. The second kappa shape index (κ2) is 4.49. The molecule has 5 heteroatoms. The first-order chi connectivity index (χ1) is 8.69. The lowest BCUT2D eigenvalue weighted by atomic mass is 9.77. The summed E-state index contributed by atoms with van der Waals surface area (Å²) in [5, 5.41) is 10.1. The number of aliphatic hydroxyl groups is 1. The standard InChI is InChI=1S/C14H18F3NO/c1-12(19)5-6-13(8-12,9-18)10-3-2-4-11(7-10)14(15,16)17/h2-4,7,19H,5-6,8-9,18H2,1H3. The van der Waals surface area contributed by atoms with Crippen molar-refractivity contribution in [3.8, 4) is 0 Å². The first kappa shape index (κ1) is 14.3. The molecular formula is C14H18F3NO. The molecule has 1 aromatic carbocycles. The quantitative estimate of drug-likeness (QED) is 0.870. The van der Waals surface area contributed by atoms with Crippen LogP contribution >= 0.6 is 0 Å². The largest absolute Gasteiger partial charge is 0.416 e. The zero-order valence-corrected chi connectivity index (χ0v) is 10.8. The van der Waals surface area contributed by atoms with Crippen LogP contribution in [0.5, 0.6) is 0 Å². The zero-order valence-electron chi connectivity index (χ0n) is 10.8. The lowest BCUT2D eigenvalue weighted by Crippen LogP contribution is -2.35. The predicted molar refractivity (Wildman–Crippen MR) is 66.7 cm³/mol. The zero-order chi connectivity index (χ0) is 14.3. The van der Waals surface area contributed by atoms with Gasteiger partial charge in [0.2, 0.25) is 0 Å². The Balaban J connectivity index is 2.40. The molecule has 2 rings (SSSR count). The van der Waals surface area contributed by atoms with Crippen LogP contribution in [0.25, 0.3) is 0 Å². The fourth-order valence-electron chi connectivity index (χ4n) is 2.98. The number of benzene rings is 1. The van der Waals surface area contributed by atoms with Gasteiger partial charge in [-0.3, -0.25) is 0 Å². The highest BCUT2D eigenvalue weighted by molar-refractivity contribution is 5.34. The Morgan fingerprint density at radius 2 is 2.00 bits per heavy atom. The van der Waals surface area contributed by atoms with Crippen molar-refractivity contribution in [3.63, 3.8) is 0 Å². The number of hydrogen-bond acceptors (Lipinski definition) is 2. The van der Waals surface area contributed by atoms with Gasteiger partial charge >= 0.3 is 6.18 Å². The van der Waals surface area contributed by atoms with Crippen LogP contribution < -0.4 is 5.73 Å². The fraction of sp³-hybridized carbons (Fsp3) is 0.571. The second-order valence-electron chi connectivity index (χ2n) is 5.74. The molecule has 2 atom stereocenters. The molecular weight excluding hydrogens is 255 g/mol. The van der Waals surface area contributed by atoms with Gasteiger partial charge < -0.3 is 10.8 Å². The Bertz CT molecular complexity index is 470. The molecule has 3 N–H and O–H groups in total. The average molecular weight is 273 g/mol. The summed E-state index contributed by atoms with van der Waals surface area (Å²) in [6, 6.07) is 5.29. The summed E-state index contributed by atoms with van der Waals surface area (Å²) < 4.78 is 38.3. The number of nitrogens with two attached hydrogens (primary N) is 1. The molecule has 0 aromatic heterocycles. The molecule has 0 bridgehead atoms. The van der Waals surface area contributed by atoms with E-state index in [1.165, 1.54) is 6.07 Å². The van der Waals surface area contributed by atoms with Crippen molar-refractivity contribution in [2.75, 3.05) is 6.54 Å². The summed E-state index contributed by atoms with van der Waals surface area (Å²) in [5.74, 6) is 0. The van der Waals surface area contributed by atoms with Gasteiger partial charge in [0.25, 0.3) is 0 Å². The van der Waals surface area contributed by atoms with Gasteiger partial charge in [-0.05, 0) is 37.8 Å². The highest BCUT2D eigenvalue weighted by Gasteiger charge is 2.45. The van der Waals surface area contributed by atoms with Gasteiger partial charge in [-0.25, -0.2) is 0 Å². The van der Waals surface area contributed by atoms with E-state index in [9.17, 15) is 18.3 Å². The SMILES string of the molecule is CC1(O)CCC(CN)(c2cccc(C(F)(F)F)c2)C1. The number of alkyl halides is 3. The van der Waals surface area contributed by atoms with Gasteiger partial charge in [0, 0.05) is 12.0 Å². The molecule has 0 aliphatic heterocycles. The van der Waals surface area contributed by atoms with E-state index in [0.717, 1.165) is 12.1 Å². The van der Waals surface area contributed by atoms with E-state index in [2.05, 4.69) is 0 Å². The van der Waals surface area contributed by atoms with Crippen LogP contribution in [0.1, 0.15) is 37.3 Å². The van der Waals surface area contributed by atoms with E-state index in [-0.39, 0.29) is 6.54 Å². The number of rotatable bonds is 2. The Labute approximate surface area is 110 Å². The summed E-state index contributed by atoms with van der Waals surface area (Å²) in [5.41, 5.74) is 4.29. The summed E-state index contributed by atoms with van der Waals surface area (Å²) in [6.45, 7) is 1.95. The van der Waals surface area contributed by atoms with Crippen molar-refractivity contribution in [1.82, 2.24) is 0 Å². The first-order valence-corrected chi connectivity index (χ1v) is 6.29. The van der Waals surface area contributed by atoms with E-state index in [1.807, 2.05) is 0 Å². The molecule has 1 saturated carbocycles. The third-order valence-corrected chi connectivity index (χ3v) is 4.05. The smallest absolute Gasteiger partial charge is 0.390 e. The minimum absolute atomic E-state index is 0.241. The maximum atomic E-state index is 12.8. The molecule has 1 aliphatic rings. The predicted octanol–water partition coefficient (Wildman–Crippen LogP) is 2.84. The minimum Gasteiger partial charge on any atom is -0.390 e. The van der Waals surface area contributed by atoms with Gasteiger partial charge in [0.05, 0.1) is 11.2 Å². The molecule has 0 saturated heterocycles. The summed E-state index contributed by atoms with van der Waals surface area (Å²) in [7, 11) is 0. The monoisotopic (exact) mass is 273 g/mol. The Hall–Kier alpha value is -1.07. The van der Waals surface area contributed by atoms with Crippen molar-refractivity contribution >= 4 is 0 Å². The number of hydrogen-bond donors (Lipinski definition) is 2. The first-order valence-electron chi connectivity index (χ1n) is 6.29. The molecule has 19 heavy (non-hydrogen) atoms. The van der Waals surface area contributed by atoms with Gasteiger partial charge in [-0.15, -0.1) is 0 Å². The van der Waals surface area contributed by atoms with E-state index < -0.39 is 22.8 Å². The molecule has 0 radical (unpaired) electrons. The van der Waals surface area contributed by atoms with E-state index >= 15 is 0 Å². The van der Waals surface area contributed by atoms with Gasteiger partial charge in [0.15, 0.2) is 0 Å². The van der Waals surface area contributed by atoms with Gasteiger partial charge in [0.1, 0.15) is 0 Å². The molecule has 106 valence electrons. The topological polar surface area (TPSA) is 46.2 Å². The Kier molecular flexibility index (Phi) is 3.39. The molecule has 2 unspecified atom stereocenters. The van der Waals surface area contributed by atoms with Crippen molar-refractivity contribution in [2.45, 2.75) is 43.4 Å². The van der Waals surface area contributed by atoms with Crippen LogP contribution in [0.2, 0.25) is 0 Å². The molecule has 1 aliphatic carbocycles. The van der Waals surface area contributed by atoms with Crippen LogP contribution in [0.15, 0.2) is 24.3 Å². The maximum Gasteiger partial charge on any atom is 0.416 e. The maximum absolute atomic E-state index is 12.8. The third kappa shape index (κ3) is 2.77. The molecule has 0 amide bonds. The van der Waals surface area contributed by atoms with Gasteiger partial charge in [-0.1, -0.05) is 18.2 Å². The van der Waals surface area contributed by atoms with Crippen molar-refractivity contribution in [1.29, 1.82) is 0 Å².